The Morgan fingerprint density at radius 3 is 2.24 bits per heavy atom. The quantitative estimate of drug-likeness (QED) is 0.483. The van der Waals surface area contributed by atoms with Crippen LogP contribution in [0, 0.1) is 16.5 Å². The van der Waals surface area contributed by atoms with Crippen LogP contribution in [0.4, 0.5) is 5.69 Å². The summed E-state index contributed by atoms with van der Waals surface area (Å²) in [7, 11) is 0. The molecular weight excluding hydrogens is 220 g/mol. The van der Waals surface area contributed by atoms with Crippen molar-refractivity contribution in [3.8, 4) is 6.07 Å². The van der Waals surface area contributed by atoms with Gasteiger partial charge in [-0.25, -0.2) is 0 Å². The highest BCUT2D eigenvalue weighted by atomic mass is 16.6. The molecule has 0 spiro atoms. The van der Waals surface area contributed by atoms with Crippen molar-refractivity contribution in [3.05, 3.63) is 35.0 Å². The van der Waals surface area contributed by atoms with Gasteiger partial charge in [0.15, 0.2) is 0 Å². The van der Waals surface area contributed by atoms with E-state index in [0.717, 1.165) is 0 Å². The molecule has 6 nitrogen and oxygen atoms in total. The molecular formula is C11H14N4O2. The van der Waals surface area contributed by atoms with E-state index in [4.69, 9.17) is 10.5 Å². The summed E-state index contributed by atoms with van der Waals surface area (Å²) in [5.74, 6) is 0. The van der Waals surface area contributed by atoms with E-state index in [9.17, 15) is 5.21 Å². The SMILES string of the molecule is CC(C)(C)N(c1ccc(C#N)cc1)/[N+]([O-])=N/O. The van der Waals surface area contributed by atoms with E-state index in [2.05, 4.69) is 5.28 Å². The number of hydrazine groups is 1. The van der Waals surface area contributed by atoms with Crippen LogP contribution in [0.3, 0.4) is 0 Å². The predicted molar refractivity (Wildman–Crippen MR) is 61.2 cm³/mol. The Balaban J connectivity index is 3.19. The van der Waals surface area contributed by atoms with Crippen LogP contribution in [0.5, 0.6) is 0 Å². The molecule has 0 aliphatic heterocycles. The summed E-state index contributed by atoms with van der Waals surface area (Å²) < 4.78 is 0. The lowest BCUT2D eigenvalue weighted by Crippen LogP contribution is -2.46. The van der Waals surface area contributed by atoms with Gasteiger partial charge in [-0.05, 0) is 45.0 Å². The number of hydrogen-bond acceptors (Lipinski definition) is 3. The van der Waals surface area contributed by atoms with Crippen LogP contribution < -0.4 is 5.01 Å². The Morgan fingerprint density at radius 2 is 1.88 bits per heavy atom. The first kappa shape index (κ1) is 12.8. The molecule has 0 unspecified atom stereocenters. The van der Waals surface area contributed by atoms with Gasteiger partial charge in [0.2, 0.25) is 5.28 Å². The smallest absolute Gasteiger partial charge is 0.231 e. The fourth-order valence-electron chi connectivity index (χ4n) is 1.46. The Bertz CT molecular complexity index is 454. The molecule has 0 saturated heterocycles. The fraction of sp³-hybridized carbons (Fsp3) is 0.364. The molecule has 0 heterocycles. The lowest BCUT2D eigenvalue weighted by molar-refractivity contribution is -0.576. The van der Waals surface area contributed by atoms with E-state index in [0.29, 0.717) is 11.3 Å². The summed E-state index contributed by atoms with van der Waals surface area (Å²) in [6.45, 7) is 5.42. The van der Waals surface area contributed by atoms with Crippen molar-refractivity contribution in [3.63, 3.8) is 0 Å². The predicted octanol–water partition coefficient (Wildman–Crippen LogP) is 2.43. The highest BCUT2D eigenvalue weighted by Crippen LogP contribution is 2.24. The van der Waals surface area contributed by atoms with E-state index in [1.165, 1.54) is 5.01 Å². The molecule has 0 bridgehead atoms. The molecule has 1 aromatic carbocycles. The molecule has 0 aromatic heterocycles. The van der Waals surface area contributed by atoms with E-state index in [1.807, 2.05) is 6.07 Å². The molecule has 0 amide bonds. The topological polar surface area (TPSA) is 85.7 Å². The minimum atomic E-state index is -0.553. The van der Waals surface area contributed by atoms with E-state index >= 15 is 0 Å². The van der Waals surface area contributed by atoms with Gasteiger partial charge < -0.3 is 10.4 Å². The number of benzene rings is 1. The zero-order chi connectivity index (χ0) is 13.1. The first-order chi connectivity index (χ1) is 7.90. The monoisotopic (exact) mass is 234 g/mol. The Hall–Kier alpha value is -2.29. The number of rotatable bonds is 2. The fourth-order valence-corrected chi connectivity index (χ4v) is 1.46. The van der Waals surface area contributed by atoms with E-state index in [1.54, 1.807) is 45.0 Å². The summed E-state index contributed by atoms with van der Waals surface area (Å²) in [6.07, 6.45) is 0. The minimum absolute atomic E-state index is 0.112. The average Bonchev–Trinajstić information content (AvgIpc) is 2.28. The second kappa shape index (κ2) is 4.70. The summed E-state index contributed by atoms with van der Waals surface area (Å²) in [6, 6.07) is 8.43. The first-order valence-electron chi connectivity index (χ1n) is 5.02. The molecule has 0 fully saturated rings. The summed E-state index contributed by atoms with van der Waals surface area (Å²) in [5.41, 5.74) is 0.493. The normalized spacial score (nSPS) is 12.0. The molecule has 1 aromatic rings. The van der Waals surface area contributed by atoms with Gasteiger partial charge in [-0.1, -0.05) is 0 Å². The summed E-state index contributed by atoms with van der Waals surface area (Å²) in [5, 5.41) is 32.6. The van der Waals surface area contributed by atoms with Gasteiger partial charge >= 0.3 is 0 Å². The second-order valence-corrected chi connectivity index (χ2v) is 4.48. The standard InChI is InChI=1S/C11H14N4O2/c1-11(2,3)14(15(17)13-16)10-6-4-9(8-12)5-7-10/h4-7,16H,1-3H3/b15-13-. The van der Waals surface area contributed by atoms with Crippen LogP contribution in [0.15, 0.2) is 29.5 Å². The third kappa shape index (κ3) is 2.84. The van der Waals surface area contributed by atoms with Gasteiger partial charge in [-0.15, -0.1) is 5.01 Å². The molecule has 0 aliphatic carbocycles. The maximum Gasteiger partial charge on any atom is 0.231 e. The Labute approximate surface area is 99.5 Å². The van der Waals surface area contributed by atoms with Gasteiger partial charge in [0.05, 0.1) is 22.1 Å². The summed E-state index contributed by atoms with van der Waals surface area (Å²) in [4.78, 5) is 0.112. The van der Waals surface area contributed by atoms with Gasteiger partial charge in [0.25, 0.3) is 0 Å². The van der Waals surface area contributed by atoms with Gasteiger partial charge in [0.1, 0.15) is 5.69 Å². The van der Waals surface area contributed by atoms with Gasteiger partial charge in [-0.3, -0.25) is 0 Å². The highest BCUT2D eigenvalue weighted by molar-refractivity contribution is 5.48. The maximum absolute atomic E-state index is 11.5. The van der Waals surface area contributed by atoms with Crippen molar-refractivity contribution in [1.82, 2.24) is 0 Å². The zero-order valence-electron chi connectivity index (χ0n) is 9.95. The minimum Gasteiger partial charge on any atom is -0.569 e. The lowest BCUT2D eigenvalue weighted by atomic mass is 10.1. The van der Waals surface area contributed by atoms with Crippen LogP contribution in [0.1, 0.15) is 26.3 Å². The van der Waals surface area contributed by atoms with Crippen LogP contribution in [0.2, 0.25) is 0 Å². The average molecular weight is 234 g/mol. The zero-order valence-corrected chi connectivity index (χ0v) is 9.95. The molecule has 1 N–H and O–H groups in total. The molecule has 6 heteroatoms. The van der Waals surface area contributed by atoms with Crippen molar-refractivity contribution in [2.24, 2.45) is 5.28 Å². The van der Waals surface area contributed by atoms with Crippen LogP contribution in [0.25, 0.3) is 0 Å². The molecule has 0 aliphatic rings. The molecule has 90 valence electrons. The Kier molecular flexibility index (Phi) is 3.53. The van der Waals surface area contributed by atoms with Crippen molar-refractivity contribution in [2.45, 2.75) is 26.3 Å². The van der Waals surface area contributed by atoms with Crippen molar-refractivity contribution in [2.75, 3.05) is 5.01 Å². The molecule has 17 heavy (non-hydrogen) atoms. The second-order valence-electron chi connectivity index (χ2n) is 4.48. The lowest BCUT2D eigenvalue weighted by Gasteiger charge is -2.29. The van der Waals surface area contributed by atoms with E-state index < -0.39 is 5.54 Å². The van der Waals surface area contributed by atoms with Gasteiger partial charge in [0, 0.05) is 0 Å². The van der Waals surface area contributed by atoms with Crippen LogP contribution in [-0.2, 0) is 0 Å². The maximum atomic E-state index is 11.5. The number of hydrogen-bond donors (Lipinski definition) is 1. The molecule has 0 atom stereocenters. The highest BCUT2D eigenvalue weighted by Gasteiger charge is 2.30. The molecule has 1 rings (SSSR count). The van der Waals surface area contributed by atoms with Crippen molar-refractivity contribution < 1.29 is 10.2 Å². The van der Waals surface area contributed by atoms with Crippen LogP contribution >= 0.6 is 0 Å². The van der Waals surface area contributed by atoms with Crippen LogP contribution in [-0.4, -0.2) is 15.7 Å². The number of nitriles is 1. The number of anilines is 1. The van der Waals surface area contributed by atoms with Crippen molar-refractivity contribution in [1.29, 1.82) is 5.26 Å². The largest absolute Gasteiger partial charge is 0.569 e. The summed E-state index contributed by atoms with van der Waals surface area (Å²) >= 11 is 0. The third-order valence-electron chi connectivity index (χ3n) is 2.12. The first-order valence-corrected chi connectivity index (χ1v) is 5.02. The third-order valence-corrected chi connectivity index (χ3v) is 2.12. The molecule has 0 radical (unpaired) electrons. The van der Waals surface area contributed by atoms with E-state index in [-0.39, 0.29) is 4.97 Å². The van der Waals surface area contributed by atoms with Crippen molar-refractivity contribution >= 4 is 5.69 Å². The molecule has 0 saturated carbocycles. The van der Waals surface area contributed by atoms with Gasteiger partial charge in [-0.2, -0.15) is 5.26 Å². The number of nitrogens with zero attached hydrogens (tertiary/aromatic N) is 4. The Morgan fingerprint density at radius 1 is 1.35 bits per heavy atom.